The van der Waals surface area contributed by atoms with Crippen molar-refractivity contribution < 1.29 is 9.53 Å². The van der Waals surface area contributed by atoms with Crippen molar-refractivity contribution in [2.24, 2.45) is 0 Å². The summed E-state index contributed by atoms with van der Waals surface area (Å²) in [5, 5.41) is 2.61. The highest BCUT2D eigenvalue weighted by Crippen LogP contribution is 2.25. The van der Waals surface area contributed by atoms with E-state index in [1.807, 2.05) is 60.7 Å². The lowest BCUT2D eigenvalue weighted by Gasteiger charge is -2.06. The first-order valence-corrected chi connectivity index (χ1v) is 7.98. The van der Waals surface area contributed by atoms with Crippen molar-refractivity contribution in [3.8, 4) is 11.5 Å². The van der Waals surface area contributed by atoms with Gasteiger partial charge in [-0.15, -0.1) is 0 Å². The Morgan fingerprint density at radius 3 is 2.59 bits per heavy atom. The molecular formula is C17H13NO2S2. The summed E-state index contributed by atoms with van der Waals surface area (Å²) in [6, 6.07) is 17.5. The van der Waals surface area contributed by atoms with Gasteiger partial charge in [-0.1, -0.05) is 60.4 Å². The van der Waals surface area contributed by atoms with Gasteiger partial charge in [0.2, 0.25) is 0 Å². The second kappa shape index (κ2) is 6.77. The Labute approximate surface area is 138 Å². The number of rotatable bonds is 4. The van der Waals surface area contributed by atoms with Crippen molar-refractivity contribution in [1.82, 2.24) is 5.32 Å². The number of amides is 1. The highest BCUT2D eigenvalue weighted by molar-refractivity contribution is 8.26. The number of carbonyl (C=O) groups is 1. The third-order valence-electron chi connectivity index (χ3n) is 3.04. The Balaban J connectivity index is 1.70. The van der Waals surface area contributed by atoms with Crippen LogP contribution in [0.5, 0.6) is 11.5 Å². The molecule has 1 heterocycles. The fraction of sp³-hybridized carbons (Fsp3) is 0.0588. The molecule has 5 heteroatoms. The van der Waals surface area contributed by atoms with E-state index in [0.717, 1.165) is 17.1 Å². The predicted octanol–water partition coefficient (Wildman–Crippen LogP) is 4.05. The number of hydrogen-bond acceptors (Lipinski definition) is 4. The first-order chi connectivity index (χ1) is 10.7. The third-order valence-corrected chi connectivity index (χ3v) is 4.25. The molecule has 3 nitrogen and oxygen atoms in total. The largest absolute Gasteiger partial charge is 0.457 e. The van der Waals surface area contributed by atoms with Gasteiger partial charge in [-0.05, 0) is 36.2 Å². The number of hydrogen-bond donors (Lipinski definition) is 1. The molecule has 1 aliphatic rings. The van der Waals surface area contributed by atoms with Gasteiger partial charge in [-0.25, -0.2) is 0 Å². The number of thioether (sulfide) groups is 1. The summed E-state index contributed by atoms with van der Waals surface area (Å²) < 4.78 is 6.31. The van der Waals surface area contributed by atoms with E-state index in [-0.39, 0.29) is 5.91 Å². The molecule has 0 saturated carbocycles. The first-order valence-electron chi connectivity index (χ1n) is 6.76. The Kier molecular flexibility index (Phi) is 4.56. The van der Waals surface area contributed by atoms with Gasteiger partial charge in [-0.2, -0.15) is 0 Å². The molecule has 0 atom stereocenters. The van der Waals surface area contributed by atoms with Gasteiger partial charge < -0.3 is 10.1 Å². The maximum Gasteiger partial charge on any atom is 0.263 e. The highest BCUT2D eigenvalue weighted by Gasteiger charge is 2.21. The Morgan fingerprint density at radius 1 is 1.09 bits per heavy atom. The Hall–Kier alpha value is -2.11. The maximum absolute atomic E-state index is 11.6. The van der Waals surface area contributed by atoms with Crippen molar-refractivity contribution in [2.75, 3.05) is 0 Å². The summed E-state index contributed by atoms with van der Waals surface area (Å²) >= 11 is 6.27. The van der Waals surface area contributed by atoms with Crippen molar-refractivity contribution in [2.45, 2.75) is 6.42 Å². The Bertz CT molecular complexity index is 741. The molecule has 0 bridgehead atoms. The van der Waals surface area contributed by atoms with Gasteiger partial charge >= 0.3 is 0 Å². The lowest BCUT2D eigenvalue weighted by atomic mass is 10.1. The van der Waals surface area contributed by atoms with E-state index in [1.54, 1.807) is 0 Å². The quantitative estimate of drug-likeness (QED) is 0.679. The summed E-state index contributed by atoms with van der Waals surface area (Å²) in [7, 11) is 0. The minimum atomic E-state index is -0.119. The van der Waals surface area contributed by atoms with Gasteiger partial charge in [0.25, 0.3) is 5.91 Å². The van der Waals surface area contributed by atoms with Gasteiger partial charge in [0.1, 0.15) is 15.8 Å². The van der Waals surface area contributed by atoms with Crippen LogP contribution in [0.2, 0.25) is 0 Å². The molecule has 1 aliphatic heterocycles. The zero-order valence-corrected chi connectivity index (χ0v) is 13.2. The van der Waals surface area contributed by atoms with E-state index in [0.29, 0.717) is 15.6 Å². The zero-order chi connectivity index (χ0) is 15.4. The first kappa shape index (κ1) is 14.8. The molecule has 1 amide bonds. The van der Waals surface area contributed by atoms with E-state index < -0.39 is 0 Å². The average Bonchev–Trinajstić information content (AvgIpc) is 2.84. The van der Waals surface area contributed by atoms with E-state index >= 15 is 0 Å². The monoisotopic (exact) mass is 327 g/mol. The number of nitrogens with one attached hydrogen (secondary N) is 1. The fourth-order valence-corrected chi connectivity index (χ4v) is 3.05. The number of benzene rings is 2. The van der Waals surface area contributed by atoms with Crippen LogP contribution in [-0.2, 0) is 11.2 Å². The molecular weight excluding hydrogens is 314 g/mol. The molecule has 1 fully saturated rings. The molecule has 2 aromatic carbocycles. The third kappa shape index (κ3) is 3.75. The van der Waals surface area contributed by atoms with Crippen LogP contribution in [-0.4, -0.2) is 10.2 Å². The molecule has 0 spiro atoms. The number of carbonyl (C=O) groups excluding carboxylic acids is 1. The number of para-hydroxylation sites is 1. The second-order valence-electron chi connectivity index (χ2n) is 4.68. The molecule has 0 unspecified atom stereocenters. The van der Waals surface area contributed by atoms with Crippen LogP contribution >= 0.6 is 24.0 Å². The predicted molar refractivity (Wildman–Crippen MR) is 93.1 cm³/mol. The normalized spacial score (nSPS) is 15.9. The lowest BCUT2D eigenvalue weighted by molar-refractivity contribution is -0.115. The van der Waals surface area contributed by atoms with Crippen molar-refractivity contribution in [3.05, 3.63) is 71.1 Å². The summed E-state index contributed by atoms with van der Waals surface area (Å²) in [4.78, 5) is 12.3. The summed E-state index contributed by atoms with van der Waals surface area (Å²) in [5.74, 6) is 1.46. The van der Waals surface area contributed by atoms with E-state index in [9.17, 15) is 4.79 Å². The van der Waals surface area contributed by atoms with Crippen molar-refractivity contribution >= 4 is 34.2 Å². The number of allylic oxidation sites excluding steroid dienone is 1. The highest BCUT2D eigenvalue weighted by atomic mass is 32.2. The van der Waals surface area contributed by atoms with E-state index in [1.165, 1.54) is 11.8 Å². The number of thiocarbonyl (C=S) groups is 1. The summed E-state index contributed by atoms with van der Waals surface area (Å²) in [6.45, 7) is 0. The summed E-state index contributed by atoms with van der Waals surface area (Å²) in [6.07, 6.45) is 2.55. The minimum absolute atomic E-state index is 0.119. The van der Waals surface area contributed by atoms with Gasteiger partial charge in [0.05, 0.1) is 4.91 Å². The average molecular weight is 327 g/mol. The maximum atomic E-state index is 11.6. The minimum Gasteiger partial charge on any atom is -0.457 e. The van der Waals surface area contributed by atoms with Crippen LogP contribution in [0.4, 0.5) is 0 Å². The molecule has 22 heavy (non-hydrogen) atoms. The molecule has 1 saturated heterocycles. The Morgan fingerprint density at radius 2 is 1.86 bits per heavy atom. The molecule has 0 aromatic heterocycles. The SMILES string of the molecule is O=C1NC(=S)SC1=CCc1cccc(Oc2ccccc2)c1. The van der Waals surface area contributed by atoms with Crippen LogP contribution < -0.4 is 10.1 Å². The molecule has 0 aliphatic carbocycles. The molecule has 1 N–H and O–H groups in total. The van der Waals surface area contributed by atoms with E-state index in [4.69, 9.17) is 17.0 Å². The van der Waals surface area contributed by atoms with Gasteiger partial charge in [-0.3, -0.25) is 4.79 Å². The standard InChI is InChI=1S/C17H13NO2S2/c19-16-15(22-17(21)18-16)10-9-12-5-4-8-14(11-12)20-13-6-2-1-3-7-13/h1-8,10-11H,9H2,(H,18,19,21). The fourth-order valence-electron chi connectivity index (χ4n) is 2.03. The molecule has 2 aromatic rings. The molecule has 3 rings (SSSR count). The summed E-state index contributed by atoms with van der Waals surface area (Å²) in [5.41, 5.74) is 1.08. The topological polar surface area (TPSA) is 38.3 Å². The van der Waals surface area contributed by atoms with Gasteiger partial charge in [0, 0.05) is 0 Å². The van der Waals surface area contributed by atoms with Crippen LogP contribution in [0.15, 0.2) is 65.6 Å². The van der Waals surface area contributed by atoms with Crippen LogP contribution in [0, 0.1) is 0 Å². The van der Waals surface area contributed by atoms with Gasteiger partial charge in [0.15, 0.2) is 0 Å². The van der Waals surface area contributed by atoms with Crippen LogP contribution in [0.1, 0.15) is 5.56 Å². The smallest absolute Gasteiger partial charge is 0.263 e. The second-order valence-corrected chi connectivity index (χ2v) is 6.40. The molecule has 110 valence electrons. The lowest BCUT2D eigenvalue weighted by Crippen LogP contribution is -2.17. The molecule has 0 radical (unpaired) electrons. The van der Waals surface area contributed by atoms with Crippen molar-refractivity contribution in [1.29, 1.82) is 0 Å². The van der Waals surface area contributed by atoms with E-state index in [2.05, 4.69) is 5.32 Å². The van der Waals surface area contributed by atoms with Crippen LogP contribution in [0.25, 0.3) is 0 Å². The number of ether oxygens (including phenoxy) is 1. The zero-order valence-electron chi connectivity index (χ0n) is 11.6. The van der Waals surface area contributed by atoms with Crippen LogP contribution in [0.3, 0.4) is 0 Å². The van der Waals surface area contributed by atoms with Crippen molar-refractivity contribution in [3.63, 3.8) is 0 Å².